The second kappa shape index (κ2) is 12.8. The number of carbonyl (C=O) groups excluding carboxylic acids is 2. The average Bonchev–Trinajstić information content (AvgIpc) is 2.85. The van der Waals surface area contributed by atoms with Crippen molar-refractivity contribution in [3.8, 4) is 17.6 Å². The van der Waals surface area contributed by atoms with E-state index in [1.54, 1.807) is 43.3 Å². The van der Waals surface area contributed by atoms with E-state index in [1.165, 1.54) is 12.1 Å². The molecule has 0 aliphatic heterocycles. The molecular weight excluding hydrogens is 513 g/mol. The van der Waals surface area contributed by atoms with Crippen LogP contribution in [0.4, 0.5) is 11.4 Å². The second-order valence-corrected chi connectivity index (χ2v) is 8.87. The van der Waals surface area contributed by atoms with Crippen LogP contribution in [0.25, 0.3) is 6.08 Å². The second-order valence-electron chi connectivity index (χ2n) is 8.05. The molecule has 0 radical (unpaired) electrons. The van der Waals surface area contributed by atoms with Gasteiger partial charge in [-0.3, -0.25) is 9.59 Å². The summed E-state index contributed by atoms with van der Waals surface area (Å²) in [6.07, 6.45) is 1.40. The number of halogens is 2. The fourth-order valence-electron chi connectivity index (χ4n) is 3.23. The van der Waals surface area contributed by atoms with E-state index >= 15 is 0 Å². The van der Waals surface area contributed by atoms with Crippen molar-refractivity contribution in [2.24, 2.45) is 0 Å². The lowest BCUT2D eigenvalue weighted by atomic mass is 10.1. The first-order valence-electron chi connectivity index (χ1n) is 11.3. The van der Waals surface area contributed by atoms with Gasteiger partial charge in [0.15, 0.2) is 18.1 Å². The maximum atomic E-state index is 12.6. The maximum absolute atomic E-state index is 12.6. The number of nitrogens with one attached hydrogen (secondary N) is 2. The molecule has 0 bridgehead atoms. The number of carbonyl (C=O) groups is 2. The molecule has 0 saturated carbocycles. The van der Waals surface area contributed by atoms with Crippen molar-refractivity contribution >= 4 is 52.5 Å². The fraction of sp³-hybridized carbons (Fsp3) is 0.179. The van der Waals surface area contributed by atoms with Gasteiger partial charge in [-0.25, -0.2) is 0 Å². The summed E-state index contributed by atoms with van der Waals surface area (Å²) in [6, 6.07) is 17.4. The highest BCUT2D eigenvalue weighted by Crippen LogP contribution is 2.37. The number of hydrogen-bond donors (Lipinski definition) is 2. The van der Waals surface area contributed by atoms with E-state index in [2.05, 4.69) is 10.6 Å². The highest BCUT2D eigenvalue weighted by Gasteiger charge is 2.16. The first kappa shape index (κ1) is 27.6. The molecule has 0 spiro atoms. The molecule has 0 heterocycles. The van der Waals surface area contributed by atoms with Gasteiger partial charge in [-0.15, -0.1) is 0 Å². The zero-order valence-corrected chi connectivity index (χ0v) is 22.0. The van der Waals surface area contributed by atoms with Gasteiger partial charge in [0.05, 0.1) is 11.6 Å². The van der Waals surface area contributed by atoms with E-state index < -0.39 is 11.8 Å². The summed E-state index contributed by atoms with van der Waals surface area (Å²) in [5.41, 5.74) is 3.38. The standard InChI is InChI=1S/C28H25Cl2N3O4/c1-4-36-25-13-19(11-20(15-31)28(35)33-21-8-5-17(2)6-9-21)12-24(30)27(25)37-16-26(34)32-22-10-7-18(3)23(29)14-22/h5-14H,4,16H2,1-3H3,(H,32,34)(H,33,35)/b20-11-. The number of hydrogen-bond acceptors (Lipinski definition) is 5. The topological polar surface area (TPSA) is 100 Å². The Hall–Kier alpha value is -3.99. The minimum atomic E-state index is -0.561. The molecule has 9 heteroatoms. The van der Waals surface area contributed by atoms with Crippen molar-refractivity contribution in [3.05, 3.63) is 86.9 Å². The molecule has 2 amide bonds. The van der Waals surface area contributed by atoms with Gasteiger partial charge in [-0.1, -0.05) is 47.0 Å². The molecule has 3 aromatic carbocycles. The van der Waals surface area contributed by atoms with Gasteiger partial charge < -0.3 is 20.1 Å². The number of aryl methyl sites for hydroxylation is 2. The van der Waals surface area contributed by atoms with Crippen LogP contribution >= 0.6 is 23.2 Å². The number of ether oxygens (including phenoxy) is 2. The van der Waals surface area contributed by atoms with E-state index in [-0.39, 0.29) is 28.7 Å². The molecule has 0 aliphatic carbocycles. The Kier molecular flexibility index (Phi) is 9.56. The van der Waals surface area contributed by atoms with Crippen molar-refractivity contribution in [2.75, 3.05) is 23.8 Å². The third-order valence-electron chi connectivity index (χ3n) is 5.12. The van der Waals surface area contributed by atoms with Crippen molar-refractivity contribution in [3.63, 3.8) is 0 Å². The first-order valence-corrected chi connectivity index (χ1v) is 12.1. The molecule has 0 aliphatic rings. The number of nitriles is 1. The van der Waals surface area contributed by atoms with Crippen molar-refractivity contribution in [1.82, 2.24) is 0 Å². The monoisotopic (exact) mass is 537 g/mol. The lowest BCUT2D eigenvalue weighted by molar-refractivity contribution is -0.118. The van der Waals surface area contributed by atoms with Crippen LogP contribution in [0.3, 0.4) is 0 Å². The molecule has 2 N–H and O–H groups in total. The van der Waals surface area contributed by atoms with Crippen LogP contribution < -0.4 is 20.1 Å². The summed E-state index contributed by atoms with van der Waals surface area (Å²) in [6.45, 7) is 5.55. The highest BCUT2D eigenvalue weighted by atomic mass is 35.5. The fourth-order valence-corrected chi connectivity index (χ4v) is 3.68. The largest absolute Gasteiger partial charge is 0.490 e. The Morgan fingerprint density at radius 1 is 0.946 bits per heavy atom. The average molecular weight is 538 g/mol. The van der Waals surface area contributed by atoms with Crippen LogP contribution in [-0.2, 0) is 9.59 Å². The van der Waals surface area contributed by atoms with Gasteiger partial charge >= 0.3 is 0 Å². The molecule has 0 atom stereocenters. The van der Waals surface area contributed by atoms with E-state index in [1.807, 2.05) is 32.0 Å². The molecule has 3 rings (SSSR count). The van der Waals surface area contributed by atoms with Crippen LogP contribution in [0.2, 0.25) is 10.0 Å². The molecule has 37 heavy (non-hydrogen) atoms. The van der Waals surface area contributed by atoms with Gasteiger partial charge in [0.1, 0.15) is 11.6 Å². The first-order chi connectivity index (χ1) is 17.7. The van der Waals surface area contributed by atoms with Gasteiger partial charge in [0, 0.05) is 16.4 Å². The lowest BCUT2D eigenvalue weighted by Gasteiger charge is -2.15. The Morgan fingerprint density at radius 2 is 1.65 bits per heavy atom. The summed E-state index contributed by atoms with van der Waals surface area (Å²) in [7, 11) is 0. The van der Waals surface area contributed by atoms with E-state index in [4.69, 9.17) is 32.7 Å². The van der Waals surface area contributed by atoms with Gasteiger partial charge in [0.2, 0.25) is 0 Å². The molecule has 0 aromatic heterocycles. The van der Waals surface area contributed by atoms with Crippen LogP contribution in [0.1, 0.15) is 23.6 Å². The Bertz CT molecular complexity index is 1380. The zero-order valence-electron chi connectivity index (χ0n) is 20.5. The molecule has 190 valence electrons. The van der Waals surface area contributed by atoms with E-state index in [9.17, 15) is 14.9 Å². The summed E-state index contributed by atoms with van der Waals surface area (Å²) < 4.78 is 11.3. The number of amides is 2. The van der Waals surface area contributed by atoms with Crippen LogP contribution in [-0.4, -0.2) is 25.0 Å². The van der Waals surface area contributed by atoms with Crippen molar-refractivity contribution in [1.29, 1.82) is 5.26 Å². The van der Waals surface area contributed by atoms with Crippen molar-refractivity contribution < 1.29 is 19.1 Å². The molecule has 7 nitrogen and oxygen atoms in total. The Morgan fingerprint density at radius 3 is 2.30 bits per heavy atom. The normalized spacial score (nSPS) is 10.9. The highest BCUT2D eigenvalue weighted by molar-refractivity contribution is 6.32. The summed E-state index contributed by atoms with van der Waals surface area (Å²) in [5, 5.41) is 15.6. The predicted molar refractivity (Wildman–Crippen MR) is 146 cm³/mol. The van der Waals surface area contributed by atoms with Crippen LogP contribution in [0, 0.1) is 25.2 Å². The number of nitrogens with zero attached hydrogens (tertiary/aromatic N) is 1. The van der Waals surface area contributed by atoms with Gasteiger partial charge in [-0.05, 0) is 74.4 Å². The van der Waals surface area contributed by atoms with Gasteiger partial charge in [-0.2, -0.15) is 5.26 Å². The lowest BCUT2D eigenvalue weighted by Crippen LogP contribution is -2.20. The molecule has 0 fully saturated rings. The zero-order chi connectivity index (χ0) is 26.9. The van der Waals surface area contributed by atoms with Gasteiger partial charge in [0.25, 0.3) is 11.8 Å². The molecule has 0 saturated heterocycles. The minimum absolute atomic E-state index is 0.121. The number of anilines is 2. The minimum Gasteiger partial charge on any atom is -0.490 e. The number of benzene rings is 3. The molecule has 3 aromatic rings. The van der Waals surface area contributed by atoms with E-state index in [0.29, 0.717) is 28.6 Å². The Balaban J connectivity index is 1.76. The maximum Gasteiger partial charge on any atom is 0.266 e. The number of rotatable bonds is 9. The smallest absolute Gasteiger partial charge is 0.266 e. The Labute approximate surface area is 225 Å². The molecular formula is C28H25Cl2N3O4. The van der Waals surface area contributed by atoms with Crippen molar-refractivity contribution in [2.45, 2.75) is 20.8 Å². The van der Waals surface area contributed by atoms with Crippen LogP contribution in [0.15, 0.2) is 60.2 Å². The van der Waals surface area contributed by atoms with Crippen LogP contribution in [0.5, 0.6) is 11.5 Å². The summed E-state index contributed by atoms with van der Waals surface area (Å²) >= 11 is 12.5. The summed E-state index contributed by atoms with van der Waals surface area (Å²) in [5.74, 6) is -0.542. The van der Waals surface area contributed by atoms with E-state index in [0.717, 1.165) is 11.1 Å². The predicted octanol–water partition coefficient (Wildman–Crippen LogP) is 6.57. The SMILES string of the molecule is CCOc1cc(/C=C(/C#N)C(=O)Nc2ccc(C)cc2)cc(Cl)c1OCC(=O)Nc1ccc(C)c(Cl)c1. The third-order valence-corrected chi connectivity index (χ3v) is 5.81. The third kappa shape index (κ3) is 7.74. The quantitative estimate of drug-likeness (QED) is 0.237. The molecule has 0 unspecified atom stereocenters. The summed E-state index contributed by atoms with van der Waals surface area (Å²) in [4.78, 5) is 25.0.